The summed E-state index contributed by atoms with van der Waals surface area (Å²) in [6, 6.07) is 14.1. The van der Waals surface area contributed by atoms with E-state index >= 15 is 0 Å². The van der Waals surface area contributed by atoms with Crippen LogP contribution in [0.5, 0.6) is 17.2 Å². The average molecular weight is 334 g/mol. The lowest BCUT2D eigenvalue weighted by atomic mass is 10.1. The van der Waals surface area contributed by atoms with Gasteiger partial charge in [0, 0.05) is 12.1 Å². The summed E-state index contributed by atoms with van der Waals surface area (Å²) in [5.41, 5.74) is 1.06. The van der Waals surface area contributed by atoms with Crippen molar-refractivity contribution in [1.82, 2.24) is 0 Å². The fraction of sp³-hybridized carbons (Fsp3) is 0.190. The predicted octanol–water partition coefficient (Wildman–Crippen LogP) is 4.23. The lowest BCUT2D eigenvalue weighted by molar-refractivity contribution is -0.509. The number of phenols is 1. The van der Waals surface area contributed by atoms with Gasteiger partial charge in [-0.15, -0.1) is 0 Å². The molecule has 0 amide bonds. The minimum atomic E-state index is 0.178. The number of pyridine rings is 2. The Morgan fingerprint density at radius 3 is 2.48 bits per heavy atom. The highest BCUT2D eigenvalue weighted by Gasteiger charge is 2.15. The normalized spacial score (nSPS) is 11.3. The molecular weight excluding hydrogens is 314 g/mol. The highest BCUT2D eigenvalue weighted by Crippen LogP contribution is 2.35. The Kier molecular flexibility index (Phi) is 3.80. The molecule has 0 fully saturated rings. The molecule has 0 radical (unpaired) electrons. The van der Waals surface area contributed by atoms with Gasteiger partial charge in [0.15, 0.2) is 23.9 Å². The van der Waals surface area contributed by atoms with Crippen molar-refractivity contribution >= 4 is 27.1 Å². The highest BCUT2D eigenvalue weighted by molar-refractivity contribution is 5.99. The summed E-state index contributed by atoms with van der Waals surface area (Å²) in [5, 5.41) is 14.5. The molecule has 2 heterocycles. The molecule has 0 saturated carbocycles. The number of phenolic OH excluding ortho intramolecular Hbond substituents is 1. The highest BCUT2D eigenvalue weighted by atomic mass is 16.5. The van der Waals surface area contributed by atoms with Gasteiger partial charge in [-0.3, -0.25) is 0 Å². The number of aromatic nitrogens is 1. The lowest BCUT2D eigenvalue weighted by Crippen LogP contribution is -2.20. The standard InChI is InChI=1S/C21H19NO3/c1-3-24-16-7-5-14-9-10-22-13-18-15(11-19(22)17(14)12-16)6-8-20(21(18)23)25-4-2/h5-13H,3-4H2,1-2H3/p+1. The van der Waals surface area contributed by atoms with Crippen LogP contribution in [0, 0.1) is 0 Å². The van der Waals surface area contributed by atoms with Gasteiger partial charge in [0.25, 0.3) is 0 Å². The van der Waals surface area contributed by atoms with Gasteiger partial charge >= 0.3 is 0 Å². The third-order valence-corrected chi connectivity index (χ3v) is 4.38. The van der Waals surface area contributed by atoms with E-state index in [0.29, 0.717) is 19.0 Å². The molecule has 126 valence electrons. The summed E-state index contributed by atoms with van der Waals surface area (Å²) in [6.07, 6.45) is 3.94. The number of aromatic hydroxyl groups is 1. The van der Waals surface area contributed by atoms with Crippen molar-refractivity contribution in [2.45, 2.75) is 13.8 Å². The van der Waals surface area contributed by atoms with Gasteiger partial charge in [0.05, 0.1) is 24.0 Å². The predicted molar refractivity (Wildman–Crippen MR) is 98.6 cm³/mol. The lowest BCUT2D eigenvalue weighted by Gasteiger charge is -2.08. The van der Waals surface area contributed by atoms with Crippen LogP contribution in [0.1, 0.15) is 13.8 Å². The van der Waals surface area contributed by atoms with E-state index in [1.807, 2.05) is 48.8 Å². The molecule has 4 aromatic rings. The van der Waals surface area contributed by atoms with Crippen LogP contribution in [-0.4, -0.2) is 18.3 Å². The van der Waals surface area contributed by atoms with Crippen molar-refractivity contribution in [3.63, 3.8) is 0 Å². The van der Waals surface area contributed by atoms with Crippen LogP contribution in [0.4, 0.5) is 0 Å². The Balaban J connectivity index is 2.01. The second-order valence-electron chi connectivity index (χ2n) is 5.91. The van der Waals surface area contributed by atoms with Crippen molar-refractivity contribution in [1.29, 1.82) is 0 Å². The molecule has 4 heteroatoms. The third kappa shape index (κ3) is 2.60. The number of benzene rings is 2. The number of rotatable bonds is 4. The number of hydrogen-bond acceptors (Lipinski definition) is 3. The van der Waals surface area contributed by atoms with Gasteiger partial charge < -0.3 is 14.6 Å². The fourth-order valence-electron chi connectivity index (χ4n) is 3.23. The maximum atomic E-state index is 10.5. The minimum Gasteiger partial charge on any atom is -0.504 e. The van der Waals surface area contributed by atoms with E-state index in [2.05, 4.69) is 24.3 Å². The summed E-state index contributed by atoms with van der Waals surface area (Å²) in [5.74, 6) is 1.55. The average Bonchev–Trinajstić information content (AvgIpc) is 2.63. The van der Waals surface area contributed by atoms with Crippen LogP contribution < -0.4 is 13.9 Å². The van der Waals surface area contributed by atoms with Gasteiger partial charge in [-0.1, -0.05) is 6.07 Å². The zero-order valence-corrected chi connectivity index (χ0v) is 14.3. The van der Waals surface area contributed by atoms with E-state index in [4.69, 9.17) is 9.47 Å². The van der Waals surface area contributed by atoms with Gasteiger partial charge in [0.1, 0.15) is 5.75 Å². The van der Waals surface area contributed by atoms with Crippen LogP contribution in [0.3, 0.4) is 0 Å². The largest absolute Gasteiger partial charge is 0.504 e. The zero-order valence-electron chi connectivity index (χ0n) is 14.3. The van der Waals surface area contributed by atoms with E-state index in [0.717, 1.165) is 32.8 Å². The smallest absolute Gasteiger partial charge is 0.219 e. The first-order valence-electron chi connectivity index (χ1n) is 8.50. The second kappa shape index (κ2) is 6.13. The Morgan fingerprint density at radius 1 is 0.880 bits per heavy atom. The van der Waals surface area contributed by atoms with Crippen molar-refractivity contribution in [2.24, 2.45) is 0 Å². The molecule has 0 aliphatic rings. The molecule has 2 aromatic heterocycles. The SMILES string of the molecule is CCOc1ccc2cc[n+]3cc4c(O)c(OCC)ccc4cc3c2c1. The molecule has 0 aliphatic heterocycles. The van der Waals surface area contributed by atoms with Crippen molar-refractivity contribution in [3.05, 3.63) is 54.9 Å². The molecule has 0 unspecified atom stereocenters. The summed E-state index contributed by atoms with van der Waals surface area (Å²) >= 11 is 0. The topological polar surface area (TPSA) is 42.8 Å². The van der Waals surface area contributed by atoms with Crippen LogP contribution in [0.15, 0.2) is 54.9 Å². The number of ether oxygens (including phenoxy) is 2. The molecule has 0 saturated heterocycles. The molecule has 4 nitrogen and oxygen atoms in total. The molecule has 0 atom stereocenters. The van der Waals surface area contributed by atoms with Crippen molar-refractivity contribution in [3.8, 4) is 17.2 Å². The van der Waals surface area contributed by atoms with Crippen LogP contribution in [0.2, 0.25) is 0 Å². The summed E-state index contributed by atoms with van der Waals surface area (Å²) in [6.45, 7) is 5.04. The van der Waals surface area contributed by atoms with Gasteiger partial charge in [0.2, 0.25) is 5.52 Å². The van der Waals surface area contributed by atoms with E-state index in [1.165, 1.54) is 0 Å². The molecule has 4 rings (SSSR count). The Hall–Kier alpha value is -3.01. The van der Waals surface area contributed by atoms with Gasteiger partial charge in [-0.25, -0.2) is 0 Å². The van der Waals surface area contributed by atoms with Crippen LogP contribution in [-0.2, 0) is 0 Å². The van der Waals surface area contributed by atoms with Crippen molar-refractivity contribution < 1.29 is 19.0 Å². The van der Waals surface area contributed by atoms with Crippen LogP contribution >= 0.6 is 0 Å². The molecular formula is C21H20NO3+. The second-order valence-corrected chi connectivity index (χ2v) is 5.91. The first-order chi connectivity index (χ1) is 12.2. The summed E-state index contributed by atoms with van der Waals surface area (Å²) < 4.78 is 13.2. The first-order valence-corrected chi connectivity index (χ1v) is 8.50. The number of nitrogens with zero attached hydrogens (tertiary/aromatic N) is 1. The summed E-state index contributed by atoms with van der Waals surface area (Å²) in [4.78, 5) is 0. The molecule has 25 heavy (non-hydrogen) atoms. The fourth-order valence-corrected chi connectivity index (χ4v) is 3.23. The van der Waals surface area contributed by atoms with E-state index in [-0.39, 0.29) is 5.75 Å². The van der Waals surface area contributed by atoms with E-state index in [9.17, 15) is 5.11 Å². The maximum absolute atomic E-state index is 10.5. The number of hydrogen-bond donors (Lipinski definition) is 1. The maximum Gasteiger partial charge on any atom is 0.219 e. The third-order valence-electron chi connectivity index (χ3n) is 4.38. The van der Waals surface area contributed by atoms with Crippen LogP contribution in [0.25, 0.3) is 27.1 Å². The molecule has 0 bridgehead atoms. The van der Waals surface area contributed by atoms with Gasteiger partial charge in [-0.2, -0.15) is 4.40 Å². The molecule has 2 aromatic carbocycles. The first kappa shape index (κ1) is 15.5. The van der Waals surface area contributed by atoms with E-state index < -0.39 is 0 Å². The zero-order chi connectivity index (χ0) is 17.4. The van der Waals surface area contributed by atoms with Gasteiger partial charge in [-0.05, 0) is 48.9 Å². The minimum absolute atomic E-state index is 0.178. The number of fused-ring (bicyclic) bond motifs is 4. The molecule has 0 spiro atoms. The van der Waals surface area contributed by atoms with E-state index in [1.54, 1.807) is 0 Å². The molecule has 0 aliphatic carbocycles. The Labute approximate surface area is 145 Å². The quantitative estimate of drug-likeness (QED) is 0.345. The Morgan fingerprint density at radius 2 is 1.68 bits per heavy atom. The Bertz CT molecular complexity index is 1090. The van der Waals surface area contributed by atoms with Crippen molar-refractivity contribution in [2.75, 3.05) is 13.2 Å². The molecule has 1 N–H and O–H groups in total. The summed E-state index contributed by atoms with van der Waals surface area (Å²) in [7, 11) is 0. The monoisotopic (exact) mass is 334 g/mol.